The number of allylic oxidation sites excluding steroid dienone is 1. The molecule has 0 spiro atoms. The van der Waals surface area contributed by atoms with Crippen LogP contribution in [0.1, 0.15) is 62.0 Å². The number of non-ortho nitro benzene ring substituents is 2. The molecule has 0 radical (unpaired) electrons. The van der Waals surface area contributed by atoms with Crippen LogP contribution in [0.25, 0.3) is 6.08 Å². The second-order valence-electron chi connectivity index (χ2n) is 14.9. The lowest BCUT2D eigenvalue weighted by atomic mass is 9.55. The Hall–Kier alpha value is -5.90. The first-order valence-electron chi connectivity index (χ1n) is 19.8. The molecule has 2 N–H and O–H groups in total. The molecule has 0 saturated heterocycles. The van der Waals surface area contributed by atoms with E-state index in [1.807, 2.05) is 6.07 Å². The molecule has 1 heterocycles. The number of likely N-dealkylation sites (N-methyl/N-ethyl adjacent to an activating group) is 1. The van der Waals surface area contributed by atoms with Gasteiger partial charge in [0.2, 0.25) is 11.7 Å². The van der Waals surface area contributed by atoms with Gasteiger partial charge in [0.1, 0.15) is 30.4 Å². The molecule has 15 heteroatoms. The Morgan fingerprint density at radius 2 is 1.69 bits per heavy atom. The molecule has 0 bridgehead atoms. The van der Waals surface area contributed by atoms with Crippen molar-refractivity contribution in [2.24, 2.45) is 22.9 Å². The Bertz CT molecular complexity index is 2100. The van der Waals surface area contributed by atoms with Crippen molar-refractivity contribution in [3.05, 3.63) is 128 Å². The first-order valence-corrected chi connectivity index (χ1v) is 19.8. The molecule has 312 valence electrons. The third kappa shape index (κ3) is 9.22. The maximum atomic E-state index is 14.2. The van der Waals surface area contributed by atoms with Crippen molar-refractivity contribution in [2.75, 3.05) is 34.0 Å². The predicted molar refractivity (Wildman–Crippen MR) is 220 cm³/mol. The molecule has 1 aliphatic heterocycles. The van der Waals surface area contributed by atoms with Gasteiger partial charge in [-0.25, -0.2) is 0 Å². The summed E-state index contributed by atoms with van der Waals surface area (Å²) in [6.07, 6.45) is 11.3. The molecular formula is C44H50N4O11. The molecular weight excluding hydrogens is 761 g/mol. The highest BCUT2D eigenvalue weighted by Crippen LogP contribution is 2.62. The quantitative estimate of drug-likeness (QED) is 0.0395. The van der Waals surface area contributed by atoms with Crippen molar-refractivity contribution >= 4 is 29.1 Å². The first-order chi connectivity index (χ1) is 28.5. The van der Waals surface area contributed by atoms with Gasteiger partial charge in [0.15, 0.2) is 0 Å². The number of nitrogens with zero attached hydrogens (tertiary/aromatic N) is 4. The number of oxime groups is 1. The van der Waals surface area contributed by atoms with E-state index in [2.05, 4.69) is 17.8 Å². The van der Waals surface area contributed by atoms with E-state index in [-0.39, 0.29) is 61.3 Å². The van der Waals surface area contributed by atoms with E-state index in [1.54, 1.807) is 60.5 Å². The number of hydrogen-bond donors (Lipinski definition) is 2. The van der Waals surface area contributed by atoms with Gasteiger partial charge in [-0.05, 0) is 91.1 Å². The SMILES string of the molecule is C=CCO[C@@]12Oc3ccc(Oc4cccc([N+](=O)[O-])c4)cc3[C@H]3[C@H](CCCCO)[C@@H](CCCCO)C=C(C(=NOC)C[C@@H]1N(C)C(=O)C=Cc1ccc([N+](=O)[O-])cc1)[C@H]32. The van der Waals surface area contributed by atoms with Gasteiger partial charge < -0.3 is 34.2 Å². The maximum Gasteiger partial charge on any atom is 0.273 e. The van der Waals surface area contributed by atoms with Crippen molar-refractivity contribution in [3.8, 4) is 17.2 Å². The van der Waals surface area contributed by atoms with Gasteiger partial charge in [0, 0.05) is 62.4 Å². The minimum absolute atomic E-state index is 0.0171. The number of hydrogen-bond acceptors (Lipinski definition) is 12. The fraction of sp³-hybridized carbons (Fsp3) is 0.409. The number of carbonyl (C=O) groups is 1. The highest BCUT2D eigenvalue weighted by Gasteiger charge is 2.65. The zero-order valence-electron chi connectivity index (χ0n) is 33.2. The molecule has 3 aromatic carbocycles. The Labute approximate surface area is 342 Å². The summed E-state index contributed by atoms with van der Waals surface area (Å²) in [4.78, 5) is 43.0. The lowest BCUT2D eigenvalue weighted by Gasteiger charge is -2.59. The zero-order valence-corrected chi connectivity index (χ0v) is 33.2. The molecule has 0 unspecified atom stereocenters. The standard InChI is InChI=1S/C44H50N4O11/c1-4-24-57-44-40(46(2)41(51)21-16-29-14-17-31(18-15-29)47(52)53)28-38(45-56-3)36-25-30(10-5-7-22-49)35(13-6-8-23-50)42(43(36)44)37-27-34(19-20-39(37)59-44)58-33-12-9-11-32(26-33)48(54)55/h4,9,11-12,14-21,25-27,30,35,40,42-43,49-50H,1,5-8,10,13,22-24,28H2,2-3H3/t30-,35+,40-,42+,43+,44+/m0/s1. The highest BCUT2D eigenvalue weighted by molar-refractivity contribution is 6.03. The number of amides is 1. The van der Waals surface area contributed by atoms with Gasteiger partial charge in [-0.2, -0.15) is 0 Å². The number of aliphatic hydroxyl groups is 2. The number of benzene rings is 3. The fourth-order valence-corrected chi connectivity index (χ4v) is 8.84. The smallest absolute Gasteiger partial charge is 0.273 e. The summed E-state index contributed by atoms with van der Waals surface area (Å²) in [6, 6.07) is 16.5. The minimum Gasteiger partial charge on any atom is -0.459 e. The largest absolute Gasteiger partial charge is 0.459 e. The lowest BCUT2D eigenvalue weighted by Crippen LogP contribution is -2.69. The van der Waals surface area contributed by atoms with Crippen molar-refractivity contribution in [3.63, 3.8) is 0 Å². The van der Waals surface area contributed by atoms with Crippen LogP contribution in [0.3, 0.4) is 0 Å². The van der Waals surface area contributed by atoms with E-state index in [0.29, 0.717) is 41.4 Å². The van der Waals surface area contributed by atoms with Gasteiger partial charge in [-0.1, -0.05) is 36.2 Å². The van der Waals surface area contributed by atoms with Crippen LogP contribution in [-0.4, -0.2) is 82.4 Å². The van der Waals surface area contributed by atoms with Gasteiger partial charge in [0.25, 0.3) is 11.4 Å². The topological polar surface area (TPSA) is 196 Å². The van der Waals surface area contributed by atoms with Crippen LogP contribution in [0.15, 0.2) is 102 Å². The Morgan fingerprint density at radius 1 is 0.983 bits per heavy atom. The Morgan fingerprint density at radius 3 is 2.37 bits per heavy atom. The van der Waals surface area contributed by atoms with Crippen LogP contribution in [0, 0.1) is 38.0 Å². The molecule has 6 rings (SSSR count). The number of nitro benzene ring substituents is 2. The van der Waals surface area contributed by atoms with Crippen LogP contribution in [0.4, 0.5) is 11.4 Å². The van der Waals surface area contributed by atoms with E-state index in [1.165, 1.54) is 37.5 Å². The summed E-state index contributed by atoms with van der Waals surface area (Å²) in [7, 11) is 3.15. The molecule has 3 aromatic rings. The average Bonchev–Trinajstić information content (AvgIpc) is 3.23. The summed E-state index contributed by atoms with van der Waals surface area (Å²) >= 11 is 0. The van der Waals surface area contributed by atoms with Crippen molar-refractivity contribution < 1.29 is 43.9 Å². The number of nitro groups is 2. The summed E-state index contributed by atoms with van der Waals surface area (Å²) in [5.74, 6) is -1.45. The van der Waals surface area contributed by atoms with Crippen molar-refractivity contribution in [1.82, 2.24) is 4.90 Å². The number of ether oxygens (including phenoxy) is 3. The summed E-state index contributed by atoms with van der Waals surface area (Å²) < 4.78 is 20.2. The first kappa shape index (κ1) is 42.7. The van der Waals surface area contributed by atoms with Gasteiger partial charge >= 0.3 is 0 Å². The number of aliphatic hydroxyl groups excluding tert-OH is 2. The minimum atomic E-state index is -1.47. The summed E-state index contributed by atoms with van der Waals surface area (Å²) in [6.45, 7) is 4.13. The Balaban J connectivity index is 1.50. The highest BCUT2D eigenvalue weighted by atomic mass is 16.7. The van der Waals surface area contributed by atoms with Crippen LogP contribution in [-0.2, 0) is 14.4 Å². The van der Waals surface area contributed by atoms with Crippen molar-refractivity contribution in [2.45, 2.75) is 62.7 Å². The normalized spacial score (nSPS) is 23.7. The van der Waals surface area contributed by atoms with Crippen LogP contribution < -0.4 is 9.47 Å². The third-order valence-corrected chi connectivity index (χ3v) is 11.4. The molecule has 1 fully saturated rings. The molecule has 2 aliphatic carbocycles. The van der Waals surface area contributed by atoms with E-state index < -0.39 is 27.6 Å². The second-order valence-corrected chi connectivity index (χ2v) is 14.9. The molecule has 15 nitrogen and oxygen atoms in total. The van der Waals surface area contributed by atoms with E-state index >= 15 is 0 Å². The van der Waals surface area contributed by atoms with Crippen LogP contribution in [0.2, 0.25) is 0 Å². The monoisotopic (exact) mass is 810 g/mol. The number of rotatable bonds is 19. The number of fused-ring (bicyclic) bond motifs is 2. The van der Waals surface area contributed by atoms with Gasteiger partial charge in [-0.3, -0.25) is 25.0 Å². The number of unbranched alkanes of at least 4 members (excludes halogenated alkanes) is 2. The predicted octanol–water partition coefficient (Wildman–Crippen LogP) is 7.73. The third-order valence-electron chi connectivity index (χ3n) is 11.4. The van der Waals surface area contributed by atoms with E-state index in [9.17, 15) is 35.2 Å². The van der Waals surface area contributed by atoms with Crippen LogP contribution in [0.5, 0.6) is 17.2 Å². The summed E-state index contributed by atoms with van der Waals surface area (Å²) in [5, 5.41) is 46.9. The molecule has 3 aliphatic rings. The lowest BCUT2D eigenvalue weighted by molar-refractivity contribution is -0.385. The second kappa shape index (κ2) is 19.2. The Kier molecular flexibility index (Phi) is 13.9. The average molecular weight is 811 g/mol. The van der Waals surface area contributed by atoms with E-state index in [0.717, 1.165) is 36.8 Å². The fourth-order valence-electron chi connectivity index (χ4n) is 8.84. The van der Waals surface area contributed by atoms with Gasteiger partial charge in [0.05, 0.1) is 34.1 Å². The number of carbonyl (C=O) groups excluding carboxylic acids is 1. The summed E-state index contributed by atoms with van der Waals surface area (Å²) in [5.41, 5.74) is 2.74. The molecule has 59 heavy (non-hydrogen) atoms. The van der Waals surface area contributed by atoms with E-state index in [4.69, 9.17) is 19.0 Å². The molecule has 1 amide bonds. The van der Waals surface area contributed by atoms with Crippen LogP contribution >= 0.6 is 0 Å². The molecule has 1 saturated carbocycles. The molecule has 0 aromatic heterocycles. The van der Waals surface area contributed by atoms with Crippen molar-refractivity contribution in [1.29, 1.82) is 0 Å². The molecule has 6 atom stereocenters. The van der Waals surface area contributed by atoms with Gasteiger partial charge in [-0.15, -0.1) is 6.58 Å². The maximum absolute atomic E-state index is 14.2. The zero-order chi connectivity index (χ0) is 42.1.